The minimum atomic E-state index is -4.68. The Kier molecular flexibility index (Phi) is 5.95. The zero-order valence-corrected chi connectivity index (χ0v) is 14.1. The van der Waals surface area contributed by atoms with Gasteiger partial charge in [0.05, 0.1) is 11.8 Å². The highest BCUT2D eigenvalue weighted by atomic mass is 19.4. The van der Waals surface area contributed by atoms with Crippen molar-refractivity contribution in [2.75, 3.05) is 19.6 Å². The molecule has 25 heavy (non-hydrogen) atoms. The summed E-state index contributed by atoms with van der Waals surface area (Å²) < 4.78 is 39.3. The summed E-state index contributed by atoms with van der Waals surface area (Å²) >= 11 is 0. The van der Waals surface area contributed by atoms with Gasteiger partial charge in [-0.15, -0.1) is 0 Å². The Bertz CT molecular complexity index is 538. The molecule has 1 N–H and O–H groups in total. The third-order valence-electron chi connectivity index (χ3n) is 4.94. The molecule has 9 heteroatoms. The quantitative estimate of drug-likeness (QED) is 0.826. The molecule has 0 spiro atoms. The fourth-order valence-electron chi connectivity index (χ4n) is 3.62. The Morgan fingerprint density at radius 1 is 1.16 bits per heavy atom. The van der Waals surface area contributed by atoms with E-state index in [0.717, 1.165) is 11.3 Å². The van der Waals surface area contributed by atoms with Crippen LogP contribution in [-0.2, 0) is 14.4 Å². The lowest BCUT2D eigenvalue weighted by Gasteiger charge is -2.37. The van der Waals surface area contributed by atoms with Gasteiger partial charge in [0, 0.05) is 26.1 Å². The molecule has 0 aromatic carbocycles. The topological polar surface area (TPSA) is 77.9 Å². The second kappa shape index (κ2) is 7.61. The molecule has 0 bridgehead atoms. The summed E-state index contributed by atoms with van der Waals surface area (Å²) in [5.41, 5.74) is 0. The van der Waals surface area contributed by atoms with Crippen LogP contribution >= 0.6 is 0 Å². The van der Waals surface area contributed by atoms with Gasteiger partial charge in [-0.2, -0.15) is 13.2 Å². The van der Waals surface area contributed by atoms with Gasteiger partial charge in [0.15, 0.2) is 0 Å². The molecule has 2 aliphatic rings. The van der Waals surface area contributed by atoms with E-state index in [1.807, 2.05) is 6.92 Å². The number of likely N-dealkylation sites (tertiary alicyclic amines) is 2. The van der Waals surface area contributed by atoms with E-state index >= 15 is 0 Å². The lowest BCUT2D eigenvalue weighted by atomic mass is 9.96. The molecule has 142 valence electrons. The van der Waals surface area contributed by atoms with E-state index in [-0.39, 0.29) is 12.3 Å². The van der Waals surface area contributed by atoms with Gasteiger partial charge in [-0.25, -0.2) is 0 Å². The van der Waals surface area contributed by atoms with Crippen molar-refractivity contribution >= 4 is 17.8 Å². The molecule has 0 aromatic rings. The maximum Gasteiger partial charge on any atom is 0.394 e. The van der Waals surface area contributed by atoms with Crippen molar-refractivity contribution in [2.24, 2.45) is 11.8 Å². The Balaban J connectivity index is 2.15. The number of carboxylic acid groups (broad SMARTS) is 1. The number of carboxylic acids is 1. The summed E-state index contributed by atoms with van der Waals surface area (Å²) in [6, 6.07) is -0.783. The van der Waals surface area contributed by atoms with Crippen LogP contribution in [-0.4, -0.2) is 64.5 Å². The van der Waals surface area contributed by atoms with E-state index in [1.54, 1.807) is 0 Å². The summed E-state index contributed by atoms with van der Waals surface area (Å²) in [5, 5.41) is 9.06. The van der Waals surface area contributed by atoms with Gasteiger partial charge < -0.3 is 14.9 Å². The van der Waals surface area contributed by atoms with Crippen molar-refractivity contribution in [2.45, 2.75) is 51.2 Å². The van der Waals surface area contributed by atoms with Gasteiger partial charge >= 0.3 is 12.1 Å². The molecule has 0 saturated carbocycles. The van der Waals surface area contributed by atoms with E-state index in [1.165, 1.54) is 4.90 Å². The smallest absolute Gasteiger partial charge is 0.394 e. The van der Waals surface area contributed by atoms with Gasteiger partial charge in [-0.3, -0.25) is 14.4 Å². The molecular formula is C16H23F3N2O4. The molecule has 0 aliphatic carbocycles. The van der Waals surface area contributed by atoms with Crippen molar-refractivity contribution in [1.29, 1.82) is 0 Å². The van der Waals surface area contributed by atoms with Gasteiger partial charge in [-0.05, 0) is 25.7 Å². The van der Waals surface area contributed by atoms with E-state index in [2.05, 4.69) is 0 Å². The Morgan fingerprint density at radius 2 is 1.84 bits per heavy atom. The first kappa shape index (κ1) is 19.5. The molecule has 2 aliphatic heterocycles. The number of nitrogens with zero attached hydrogens (tertiary/aromatic N) is 2. The van der Waals surface area contributed by atoms with Crippen LogP contribution in [0.1, 0.15) is 39.0 Å². The van der Waals surface area contributed by atoms with Crippen LogP contribution in [0.5, 0.6) is 0 Å². The standard InChI is InChI=1S/C16H23F3N2O4/c1-2-5-13(22)21-7-4-3-6-12(21)14(23)20-8-10(15(24)25)11(9-20)16(17,18)19/h10-12H,2-9H2,1H3,(H,24,25)/t10-,11-,12?/m1/s1. The molecule has 3 atom stereocenters. The van der Waals surface area contributed by atoms with Crippen LogP contribution in [0.3, 0.4) is 0 Å². The van der Waals surface area contributed by atoms with E-state index in [9.17, 15) is 27.6 Å². The van der Waals surface area contributed by atoms with Gasteiger partial charge in [0.2, 0.25) is 11.8 Å². The molecule has 2 amide bonds. The van der Waals surface area contributed by atoms with Crippen molar-refractivity contribution in [3.05, 3.63) is 0 Å². The fraction of sp³-hybridized carbons (Fsp3) is 0.812. The maximum atomic E-state index is 13.1. The van der Waals surface area contributed by atoms with Gasteiger partial charge in [0.25, 0.3) is 0 Å². The molecule has 1 unspecified atom stereocenters. The predicted molar refractivity (Wildman–Crippen MR) is 81.5 cm³/mol. The Hall–Kier alpha value is -1.80. The van der Waals surface area contributed by atoms with Crippen LogP contribution < -0.4 is 0 Å². The first-order valence-corrected chi connectivity index (χ1v) is 8.54. The van der Waals surface area contributed by atoms with Gasteiger partial charge in [0.1, 0.15) is 6.04 Å². The highest BCUT2D eigenvalue weighted by Gasteiger charge is 2.54. The van der Waals surface area contributed by atoms with Crippen LogP contribution in [0.4, 0.5) is 13.2 Å². The fourth-order valence-corrected chi connectivity index (χ4v) is 3.62. The number of piperidine rings is 1. The summed E-state index contributed by atoms with van der Waals surface area (Å²) in [4.78, 5) is 38.5. The summed E-state index contributed by atoms with van der Waals surface area (Å²) in [6.07, 6.45) is -1.90. The molecule has 0 radical (unpaired) electrons. The molecule has 0 aromatic heterocycles. The van der Waals surface area contributed by atoms with Crippen LogP contribution in [0.25, 0.3) is 0 Å². The summed E-state index contributed by atoms with van der Waals surface area (Å²) in [7, 11) is 0. The van der Waals surface area contributed by atoms with Crippen LogP contribution in [0, 0.1) is 11.8 Å². The van der Waals surface area contributed by atoms with Crippen LogP contribution in [0.2, 0.25) is 0 Å². The van der Waals surface area contributed by atoms with Crippen molar-refractivity contribution in [1.82, 2.24) is 9.80 Å². The highest BCUT2D eigenvalue weighted by Crippen LogP contribution is 2.38. The van der Waals surface area contributed by atoms with E-state index < -0.39 is 49.0 Å². The molecular weight excluding hydrogens is 341 g/mol. The van der Waals surface area contributed by atoms with Crippen molar-refractivity contribution in [3.8, 4) is 0 Å². The Labute approximate surface area is 143 Å². The lowest BCUT2D eigenvalue weighted by molar-refractivity contribution is -0.188. The predicted octanol–water partition coefficient (Wildman–Crippen LogP) is 1.89. The van der Waals surface area contributed by atoms with Gasteiger partial charge in [-0.1, -0.05) is 6.92 Å². The maximum absolute atomic E-state index is 13.1. The van der Waals surface area contributed by atoms with E-state index in [4.69, 9.17) is 5.11 Å². The largest absolute Gasteiger partial charge is 0.481 e. The first-order valence-electron chi connectivity index (χ1n) is 8.54. The number of amides is 2. The average molecular weight is 364 g/mol. The first-order chi connectivity index (χ1) is 11.7. The minimum Gasteiger partial charge on any atom is -0.481 e. The number of carbonyl (C=O) groups excluding carboxylic acids is 2. The number of aliphatic carboxylic acids is 1. The molecule has 2 heterocycles. The Morgan fingerprint density at radius 3 is 2.36 bits per heavy atom. The molecule has 2 fully saturated rings. The summed E-state index contributed by atoms with van der Waals surface area (Å²) in [5.74, 6) is -6.03. The minimum absolute atomic E-state index is 0.179. The van der Waals surface area contributed by atoms with Crippen molar-refractivity contribution in [3.63, 3.8) is 0 Å². The van der Waals surface area contributed by atoms with Crippen LogP contribution in [0.15, 0.2) is 0 Å². The number of hydrogen-bond donors (Lipinski definition) is 1. The third kappa shape index (κ3) is 4.24. The van der Waals surface area contributed by atoms with E-state index in [0.29, 0.717) is 25.8 Å². The highest BCUT2D eigenvalue weighted by molar-refractivity contribution is 5.88. The zero-order chi connectivity index (χ0) is 18.8. The number of hydrogen-bond acceptors (Lipinski definition) is 3. The monoisotopic (exact) mass is 364 g/mol. The SMILES string of the molecule is CCCC(=O)N1CCCCC1C(=O)N1C[C@@H](C(F)(F)F)[C@H](C(=O)O)C1. The third-order valence-corrected chi connectivity index (χ3v) is 4.94. The zero-order valence-electron chi connectivity index (χ0n) is 14.1. The number of carbonyl (C=O) groups is 3. The molecule has 6 nitrogen and oxygen atoms in total. The average Bonchev–Trinajstić information content (AvgIpc) is 3.00. The summed E-state index contributed by atoms with van der Waals surface area (Å²) in [6.45, 7) is 1.12. The molecule has 2 saturated heterocycles. The normalized spacial score (nSPS) is 27.4. The number of alkyl halides is 3. The number of rotatable bonds is 4. The second-order valence-corrected chi connectivity index (χ2v) is 6.68. The molecule has 2 rings (SSSR count). The van der Waals surface area contributed by atoms with Crippen molar-refractivity contribution < 1.29 is 32.7 Å². The number of halogens is 3. The second-order valence-electron chi connectivity index (χ2n) is 6.68. The lowest BCUT2D eigenvalue weighted by Crippen LogP contribution is -2.52.